The van der Waals surface area contributed by atoms with Gasteiger partial charge in [-0.3, -0.25) is 0 Å². The molecule has 0 aromatic heterocycles. The summed E-state index contributed by atoms with van der Waals surface area (Å²) in [5, 5.41) is 2.52. The lowest BCUT2D eigenvalue weighted by atomic mass is 9.98. The summed E-state index contributed by atoms with van der Waals surface area (Å²) in [5.41, 5.74) is 9.39. The summed E-state index contributed by atoms with van der Waals surface area (Å²) in [7, 11) is 0. The summed E-state index contributed by atoms with van der Waals surface area (Å²) in [4.78, 5) is 2.28. The zero-order valence-corrected chi connectivity index (χ0v) is 22.6. The van der Waals surface area contributed by atoms with E-state index in [1.165, 1.54) is 38.6 Å². The molecule has 192 valence electrons. The summed E-state index contributed by atoms with van der Waals surface area (Å²) in [5.74, 6) is 0. The van der Waals surface area contributed by atoms with Crippen LogP contribution < -0.4 is 4.90 Å². The molecule has 0 aliphatic rings. The molecule has 6 aromatic rings. The smallest absolute Gasteiger partial charge is 0.0456 e. The summed E-state index contributed by atoms with van der Waals surface area (Å²) in [6, 6.07) is 53.7. The third-order valence-electron chi connectivity index (χ3n) is 7.19. The number of hydrogen-bond acceptors (Lipinski definition) is 1. The van der Waals surface area contributed by atoms with Crippen LogP contribution in [0.2, 0.25) is 0 Å². The zero-order valence-electron chi connectivity index (χ0n) is 22.6. The van der Waals surface area contributed by atoms with E-state index in [1.54, 1.807) is 0 Å². The number of aryl methyl sites for hydroxylation is 1. The van der Waals surface area contributed by atoms with Gasteiger partial charge in [-0.1, -0.05) is 145 Å². The highest BCUT2D eigenvalue weighted by Crippen LogP contribution is 2.32. The topological polar surface area (TPSA) is 3.24 Å². The second-order valence-corrected chi connectivity index (χ2v) is 9.97. The van der Waals surface area contributed by atoms with Gasteiger partial charge in [0.05, 0.1) is 0 Å². The van der Waals surface area contributed by atoms with Crippen molar-refractivity contribution in [2.75, 3.05) is 4.90 Å². The van der Waals surface area contributed by atoms with E-state index >= 15 is 0 Å². The van der Waals surface area contributed by atoms with Crippen LogP contribution in [0.3, 0.4) is 0 Å². The van der Waals surface area contributed by atoms with Crippen LogP contribution in [0.15, 0.2) is 158 Å². The Morgan fingerprint density at radius 3 is 1.70 bits per heavy atom. The fourth-order valence-corrected chi connectivity index (χ4v) is 5.01. The van der Waals surface area contributed by atoms with Gasteiger partial charge in [-0.2, -0.15) is 0 Å². The summed E-state index contributed by atoms with van der Waals surface area (Å²) in [6.07, 6.45) is 6.66. The minimum absolute atomic E-state index is 1.11. The predicted octanol–water partition coefficient (Wildman–Crippen LogP) is 10.5. The average molecular weight is 514 g/mol. The Labute approximate surface area is 237 Å². The summed E-state index contributed by atoms with van der Waals surface area (Å²) >= 11 is 0. The highest BCUT2D eigenvalue weighted by molar-refractivity contribution is 5.93. The van der Waals surface area contributed by atoms with Crippen molar-refractivity contribution in [1.82, 2.24) is 0 Å². The van der Waals surface area contributed by atoms with Crippen molar-refractivity contribution in [1.29, 1.82) is 0 Å². The van der Waals surface area contributed by atoms with Gasteiger partial charge in [0.2, 0.25) is 0 Å². The first-order valence-corrected chi connectivity index (χ1v) is 13.7. The highest BCUT2D eigenvalue weighted by atomic mass is 15.1. The molecule has 0 heterocycles. The molecule has 0 saturated carbocycles. The lowest BCUT2D eigenvalue weighted by molar-refractivity contribution is 1.27. The van der Waals surface area contributed by atoms with Gasteiger partial charge in [-0.05, 0) is 64.2 Å². The molecule has 40 heavy (non-hydrogen) atoms. The zero-order chi connectivity index (χ0) is 27.1. The van der Waals surface area contributed by atoms with E-state index in [2.05, 4.69) is 182 Å². The number of hydrogen-bond donors (Lipinski definition) is 0. The third-order valence-corrected chi connectivity index (χ3v) is 7.19. The van der Waals surface area contributed by atoms with Crippen LogP contribution >= 0.6 is 0 Å². The van der Waals surface area contributed by atoms with Crippen molar-refractivity contribution >= 4 is 39.9 Å². The molecule has 0 fully saturated rings. The Morgan fingerprint density at radius 2 is 1.05 bits per heavy atom. The van der Waals surface area contributed by atoms with Gasteiger partial charge in [0.15, 0.2) is 0 Å². The largest absolute Gasteiger partial charge is 0.317 e. The van der Waals surface area contributed by atoms with Crippen molar-refractivity contribution < 1.29 is 0 Å². The van der Waals surface area contributed by atoms with E-state index in [0.717, 1.165) is 16.9 Å². The van der Waals surface area contributed by atoms with E-state index in [-0.39, 0.29) is 0 Å². The number of fused-ring (bicyclic) bond motifs is 1. The van der Waals surface area contributed by atoms with Crippen LogP contribution in [-0.2, 0) is 0 Å². The maximum atomic E-state index is 2.28. The molecule has 0 bridgehead atoms. The minimum atomic E-state index is 1.11. The summed E-state index contributed by atoms with van der Waals surface area (Å²) < 4.78 is 0. The highest BCUT2D eigenvalue weighted by Gasteiger charge is 2.12. The van der Waals surface area contributed by atoms with Gasteiger partial charge in [0.1, 0.15) is 0 Å². The normalized spacial score (nSPS) is 11.0. The molecule has 0 amide bonds. The lowest BCUT2D eigenvalue weighted by Gasteiger charge is -2.24. The molecule has 0 N–H and O–H groups in total. The van der Waals surface area contributed by atoms with Crippen LogP contribution in [-0.4, -0.2) is 0 Å². The van der Waals surface area contributed by atoms with E-state index in [1.807, 2.05) is 0 Å². The lowest BCUT2D eigenvalue weighted by Crippen LogP contribution is -2.10. The molecule has 1 nitrogen and oxygen atoms in total. The number of anilines is 2. The fraction of sp³-hybridized carbons (Fsp3) is 0.0256. The number of rotatable bonds is 7. The molecule has 0 unspecified atom stereocenters. The first kappa shape index (κ1) is 25.2. The van der Waals surface area contributed by atoms with Crippen molar-refractivity contribution in [3.63, 3.8) is 0 Å². The predicted molar refractivity (Wildman–Crippen MR) is 173 cm³/mol. The molecule has 0 saturated heterocycles. The second kappa shape index (κ2) is 11.7. The SMILES string of the molecule is Cc1ccc(N(C=C(c2ccccc2)c2ccccc2)c2ccc(C=Cc3cccc4ccccc34)cc2)cc1. The van der Waals surface area contributed by atoms with E-state index in [4.69, 9.17) is 0 Å². The summed E-state index contributed by atoms with van der Waals surface area (Å²) in [6.45, 7) is 2.13. The van der Waals surface area contributed by atoms with Crippen molar-refractivity contribution in [3.05, 3.63) is 186 Å². The molecule has 0 radical (unpaired) electrons. The molecular weight excluding hydrogens is 482 g/mol. The Morgan fingerprint density at radius 1 is 0.500 bits per heavy atom. The van der Waals surface area contributed by atoms with Gasteiger partial charge in [-0.25, -0.2) is 0 Å². The fourth-order valence-electron chi connectivity index (χ4n) is 5.01. The molecule has 0 atom stereocenters. The Balaban J connectivity index is 1.39. The van der Waals surface area contributed by atoms with E-state index in [0.29, 0.717) is 0 Å². The van der Waals surface area contributed by atoms with Crippen LogP contribution in [0.4, 0.5) is 11.4 Å². The van der Waals surface area contributed by atoms with E-state index < -0.39 is 0 Å². The monoisotopic (exact) mass is 513 g/mol. The maximum absolute atomic E-state index is 2.28. The Bertz CT molecular complexity index is 1710. The van der Waals surface area contributed by atoms with Crippen LogP contribution in [0.25, 0.3) is 28.5 Å². The standard InChI is InChI=1S/C39H31N/c1-30-19-25-36(26-20-30)40(29-39(33-11-4-2-5-12-33)34-13-6-3-7-14-34)37-27-22-31(23-28-37)21-24-35-17-10-16-32-15-8-9-18-38(32)35/h2-29H,1H3. The van der Waals surface area contributed by atoms with Gasteiger partial charge in [0, 0.05) is 23.1 Å². The molecule has 0 aliphatic carbocycles. The van der Waals surface area contributed by atoms with Crippen molar-refractivity contribution in [3.8, 4) is 0 Å². The molecule has 6 rings (SSSR count). The quantitative estimate of drug-likeness (QED) is 0.192. The van der Waals surface area contributed by atoms with Crippen LogP contribution in [0, 0.1) is 6.92 Å². The first-order valence-electron chi connectivity index (χ1n) is 13.7. The second-order valence-electron chi connectivity index (χ2n) is 9.97. The Kier molecular flexibility index (Phi) is 7.37. The van der Waals surface area contributed by atoms with Gasteiger partial charge in [0.25, 0.3) is 0 Å². The number of nitrogens with zero attached hydrogens (tertiary/aromatic N) is 1. The van der Waals surface area contributed by atoms with Crippen molar-refractivity contribution in [2.45, 2.75) is 6.92 Å². The van der Waals surface area contributed by atoms with Crippen LogP contribution in [0.1, 0.15) is 27.8 Å². The molecular formula is C39H31N. The van der Waals surface area contributed by atoms with Gasteiger partial charge >= 0.3 is 0 Å². The number of benzene rings is 6. The average Bonchev–Trinajstić information content (AvgIpc) is 3.02. The third kappa shape index (κ3) is 5.65. The first-order chi connectivity index (χ1) is 19.7. The molecule has 0 aliphatic heterocycles. The van der Waals surface area contributed by atoms with Crippen LogP contribution in [0.5, 0.6) is 0 Å². The Hall–Kier alpha value is -5.14. The molecule has 0 spiro atoms. The van der Waals surface area contributed by atoms with E-state index in [9.17, 15) is 0 Å². The van der Waals surface area contributed by atoms with Gasteiger partial charge in [-0.15, -0.1) is 0 Å². The maximum Gasteiger partial charge on any atom is 0.0456 e. The van der Waals surface area contributed by atoms with Gasteiger partial charge < -0.3 is 4.90 Å². The molecule has 6 aromatic carbocycles. The molecule has 1 heteroatoms. The van der Waals surface area contributed by atoms with Crippen molar-refractivity contribution in [2.24, 2.45) is 0 Å². The minimum Gasteiger partial charge on any atom is -0.317 e.